The van der Waals surface area contributed by atoms with Gasteiger partial charge in [0.15, 0.2) is 0 Å². The number of methoxy groups -OCH3 is 1. The highest BCUT2D eigenvalue weighted by molar-refractivity contribution is 7.21. The molecule has 5 nitrogen and oxygen atoms in total. The monoisotopic (exact) mass is 345 g/mol. The summed E-state index contributed by atoms with van der Waals surface area (Å²) in [4.78, 5) is 19.7. The van der Waals surface area contributed by atoms with Crippen LogP contribution in [0.4, 0.5) is 5.69 Å². The Hall–Kier alpha value is -1.96. The van der Waals surface area contributed by atoms with Gasteiger partial charge in [0.05, 0.1) is 12.3 Å². The van der Waals surface area contributed by atoms with Crippen LogP contribution in [0.2, 0.25) is 0 Å². The number of rotatable bonds is 3. The normalized spacial score (nSPS) is 17.0. The van der Waals surface area contributed by atoms with E-state index in [1.54, 1.807) is 18.4 Å². The Morgan fingerprint density at radius 2 is 2.26 bits per heavy atom. The predicted molar refractivity (Wildman–Crippen MR) is 93.2 cm³/mol. The van der Waals surface area contributed by atoms with Crippen LogP contribution < -0.4 is 10.6 Å². The fourth-order valence-corrected chi connectivity index (χ4v) is 4.71. The Balaban J connectivity index is 1.89. The number of fused-ring (bicyclic) bond motifs is 3. The van der Waals surface area contributed by atoms with E-state index in [4.69, 9.17) is 4.74 Å². The van der Waals surface area contributed by atoms with E-state index in [2.05, 4.69) is 15.6 Å². The smallest absolute Gasteiger partial charge is 0.265 e. The van der Waals surface area contributed by atoms with Gasteiger partial charge in [0.1, 0.15) is 15.9 Å². The summed E-state index contributed by atoms with van der Waals surface area (Å²) >= 11 is 3.04. The Bertz CT molecular complexity index is 887. The first-order valence-corrected chi connectivity index (χ1v) is 8.89. The molecule has 1 atom stereocenters. The molecule has 0 fully saturated rings. The predicted octanol–water partition coefficient (Wildman–Crippen LogP) is 3.67. The van der Waals surface area contributed by atoms with Crippen molar-refractivity contribution < 1.29 is 9.53 Å². The molecular formula is C16H15N3O2S2. The Morgan fingerprint density at radius 3 is 3.00 bits per heavy atom. The molecular weight excluding hydrogens is 330 g/mol. The first kappa shape index (κ1) is 14.6. The largest absolute Gasteiger partial charge is 0.380 e. The van der Waals surface area contributed by atoms with Gasteiger partial charge in [0.25, 0.3) is 5.91 Å². The molecule has 2 N–H and O–H groups in total. The molecule has 7 heteroatoms. The van der Waals surface area contributed by atoms with Crippen molar-refractivity contribution in [1.29, 1.82) is 0 Å². The lowest BCUT2D eigenvalue weighted by molar-refractivity contribution is 0.0941. The average Bonchev–Trinajstić information content (AvgIpc) is 3.14. The minimum atomic E-state index is -0.204. The van der Waals surface area contributed by atoms with Crippen LogP contribution >= 0.6 is 22.7 Å². The summed E-state index contributed by atoms with van der Waals surface area (Å²) < 4.78 is 5.33. The zero-order valence-electron chi connectivity index (χ0n) is 12.7. The zero-order valence-corrected chi connectivity index (χ0v) is 14.3. The van der Waals surface area contributed by atoms with Gasteiger partial charge in [-0.2, -0.15) is 0 Å². The van der Waals surface area contributed by atoms with Crippen LogP contribution in [0.1, 0.15) is 32.0 Å². The number of carbonyl (C=O) groups is 1. The summed E-state index contributed by atoms with van der Waals surface area (Å²) in [6.07, 6.45) is -0.204. The Labute approximate surface area is 141 Å². The van der Waals surface area contributed by atoms with Crippen LogP contribution in [0.5, 0.6) is 0 Å². The summed E-state index contributed by atoms with van der Waals surface area (Å²) in [5.41, 5.74) is 2.85. The number of carbonyl (C=O) groups excluding carboxylic acids is 1. The Kier molecular flexibility index (Phi) is 3.56. The maximum Gasteiger partial charge on any atom is 0.265 e. The van der Waals surface area contributed by atoms with Crippen molar-refractivity contribution in [2.75, 3.05) is 12.4 Å². The molecule has 4 heterocycles. The third kappa shape index (κ3) is 2.41. The van der Waals surface area contributed by atoms with E-state index in [0.717, 1.165) is 32.0 Å². The van der Waals surface area contributed by atoms with Crippen molar-refractivity contribution in [3.8, 4) is 0 Å². The fraction of sp³-hybridized carbons (Fsp3) is 0.250. The highest BCUT2D eigenvalue weighted by Gasteiger charge is 2.30. The molecule has 1 unspecified atom stereocenters. The van der Waals surface area contributed by atoms with Crippen LogP contribution in [0.3, 0.4) is 0 Å². The van der Waals surface area contributed by atoms with E-state index in [1.165, 1.54) is 11.3 Å². The maximum atomic E-state index is 12.5. The van der Waals surface area contributed by atoms with Crippen molar-refractivity contribution in [2.24, 2.45) is 0 Å². The van der Waals surface area contributed by atoms with Crippen molar-refractivity contribution >= 4 is 44.5 Å². The average molecular weight is 345 g/mol. The maximum absolute atomic E-state index is 12.5. The number of ether oxygens (including phenoxy) is 1. The van der Waals surface area contributed by atoms with Gasteiger partial charge in [-0.3, -0.25) is 4.79 Å². The molecule has 1 aliphatic rings. The van der Waals surface area contributed by atoms with Gasteiger partial charge in [-0.05, 0) is 30.0 Å². The number of hydrogen-bond donors (Lipinski definition) is 2. The summed E-state index contributed by atoms with van der Waals surface area (Å²) in [7, 11) is 1.68. The number of aryl methyl sites for hydroxylation is 1. The molecule has 0 aliphatic carbocycles. The number of hydrogen-bond acceptors (Lipinski definition) is 6. The number of nitrogens with zero attached hydrogens (tertiary/aromatic N) is 1. The molecule has 4 rings (SSSR count). The zero-order chi connectivity index (χ0) is 16.0. The highest BCUT2D eigenvalue weighted by Crippen LogP contribution is 2.41. The third-order valence-electron chi connectivity index (χ3n) is 3.77. The van der Waals surface area contributed by atoms with Crippen LogP contribution in [0, 0.1) is 6.92 Å². The number of pyridine rings is 1. The molecule has 3 aromatic rings. The number of aromatic nitrogens is 1. The molecule has 1 aliphatic heterocycles. The van der Waals surface area contributed by atoms with Gasteiger partial charge in [-0.15, -0.1) is 22.7 Å². The molecule has 23 heavy (non-hydrogen) atoms. The first-order valence-electron chi connectivity index (χ1n) is 7.20. The van der Waals surface area contributed by atoms with Crippen LogP contribution in [0.25, 0.3) is 10.2 Å². The summed E-state index contributed by atoms with van der Waals surface area (Å²) in [6, 6.07) is 6.02. The van der Waals surface area contributed by atoms with Crippen LogP contribution in [-0.4, -0.2) is 18.0 Å². The van der Waals surface area contributed by atoms with E-state index >= 15 is 0 Å². The van der Waals surface area contributed by atoms with Crippen molar-refractivity contribution in [3.05, 3.63) is 44.6 Å². The van der Waals surface area contributed by atoms with Crippen molar-refractivity contribution in [2.45, 2.75) is 19.7 Å². The van der Waals surface area contributed by atoms with E-state index in [1.807, 2.05) is 30.5 Å². The minimum Gasteiger partial charge on any atom is -0.380 e. The van der Waals surface area contributed by atoms with Gasteiger partial charge >= 0.3 is 0 Å². The lowest BCUT2D eigenvalue weighted by atomic mass is 10.1. The third-order valence-corrected chi connectivity index (χ3v) is 5.79. The molecule has 0 radical (unpaired) electrons. The van der Waals surface area contributed by atoms with Gasteiger partial charge in [0.2, 0.25) is 0 Å². The van der Waals surface area contributed by atoms with Gasteiger partial charge < -0.3 is 15.4 Å². The molecule has 118 valence electrons. The van der Waals surface area contributed by atoms with Crippen molar-refractivity contribution in [1.82, 2.24) is 10.3 Å². The standard InChI is InChI=1S/C16H15N3O2S2/c1-8-6-9(7-21-2)11-12-13(23-16(11)17-8)15(20)19-14(18-12)10-4-3-5-22-10/h3-6,14,18H,7H2,1-2H3,(H,19,20). The Morgan fingerprint density at radius 1 is 1.39 bits per heavy atom. The second kappa shape index (κ2) is 5.59. The molecule has 0 saturated carbocycles. The first-order chi connectivity index (χ1) is 11.2. The van der Waals surface area contributed by atoms with Crippen LogP contribution in [0.15, 0.2) is 23.6 Å². The molecule has 0 saturated heterocycles. The minimum absolute atomic E-state index is 0.0545. The van der Waals surface area contributed by atoms with E-state index in [-0.39, 0.29) is 12.1 Å². The van der Waals surface area contributed by atoms with E-state index in [9.17, 15) is 4.79 Å². The van der Waals surface area contributed by atoms with Crippen molar-refractivity contribution in [3.63, 3.8) is 0 Å². The molecule has 0 bridgehead atoms. The lowest BCUT2D eigenvalue weighted by Gasteiger charge is -2.25. The number of anilines is 1. The second-order valence-electron chi connectivity index (χ2n) is 5.41. The van der Waals surface area contributed by atoms with E-state index < -0.39 is 0 Å². The van der Waals surface area contributed by atoms with Crippen LogP contribution in [-0.2, 0) is 11.3 Å². The topological polar surface area (TPSA) is 63.2 Å². The molecule has 0 spiro atoms. The summed E-state index contributed by atoms with van der Waals surface area (Å²) in [5, 5.41) is 9.48. The number of amides is 1. The highest BCUT2D eigenvalue weighted by atomic mass is 32.1. The molecule has 1 amide bonds. The molecule has 0 aromatic carbocycles. The van der Waals surface area contributed by atoms with Gasteiger partial charge in [-0.1, -0.05) is 6.07 Å². The second-order valence-corrected chi connectivity index (χ2v) is 7.39. The fourth-order valence-electron chi connectivity index (χ4n) is 2.85. The lowest BCUT2D eigenvalue weighted by Crippen LogP contribution is -2.37. The number of nitrogens with one attached hydrogen (secondary N) is 2. The SMILES string of the molecule is COCc1cc(C)nc2sc3c(c12)NC(c1cccs1)NC3=O. The summed E-state index contributed by atoms with van der Waals surface area (Å²) in [5.74, 6) is -0.0545. The van der Waals surface area contributed by atoms with E-state index in [0.29, 0.717) is 11.5 Å². The quantitative estimate of drug-likeness (QED) is 0.760. The van der Waals surface area contributed by atoms with Gasteiger partial charge in [0, 0.05) is 23.1 Å². The summed E-state index contributed by atoms with van der Waals surface area (Å²) in [6.45, 7) is 2.45. The molecule has 3 aromatic heterocycles. The number of thiophene rings is 2. The van der Waals surface area contributed by atoms with Gasteiger partial charge in [-0.25, -0.2) is 4.98 Å².